The van der Waals surface area contributed by atoms with E-state index < -0.39 is 42.1 Å². The zero-order valence-electron chi connectivity index (χ0n) is 14.8. The first-order chi connectivity index (χ1) is 11.6. The number of carbonyl (C=O) groups is 1. The Morgan fingerprint density at radius 3 is 1.88 bits per heavy atom. The third kappa shape index (κ3) is 4.60. The van der Waals surface area contributed by atoms with Gasteiger partial charge in [0.1, 0.15) is 5.71 Å². The Kier molecular flexibility index (Phi) is 6.59. The molecular weight excluding hydrogens is 370 g/mol. The van der Waals surface area contributed by atoms with Crippen LogP contribution in [-0.4, -0.2) is 58.8 Å². The van der Waals surface area contributed by atoms with Crippen molar-refractivity contribution in [2.45, 2.75) is 58.2 Å². The van der Waals surface area contributed by atoms with Gasteiger partial charge in [0.25, 0.3) is 11.5 Å². The molecule has 0 spiro atoms. The molecule has 0 aromatic carbocycles. The molecule has 0 aromatic rings. The quantitative estimate of drug-likeness (QED) is 0.707. The Bertz CT molecular complexity index is 518. The van der Waals surface area contributed by atoms with Gasteiger partial charge in [-0.25, -0.2) is 0 Å². The van der Waals surface area contributed by atoms with Crippen LogP contribution in [0.5, 0.6) is 0 Å². The first kappa shape index (κ1) is 22.5. The maximum absolute atomic E-state index is 12.9. The van der Waals surface area contributed by atoms with Crippen molar-refractivity contribution in [3.05, 3.63) is 0 Å². The van der Waals surface area contributed by atoms with Crippen LogP contribution in [0.3, 0.4) is 0 Å². The molecule has 1 unspecified atom stereocenters. The first-order valence-electron chi connectivity index (χ1n) is 7.99. The second-order valence-corrected chi connectivity index (χ2v) is 7.10. The smallest absolute Gasteiger partial charge is 0.388 e. The lowest BCUT2D eigenvalue weighted by Crippen LogP contribution is -2.64. The highest BCUT2D eigenvalue weighted by molar-refractivity contribution is 6.39. The van der Waals surface area contributed by atoms with E-state index in [1.807, 2.05) is 27.7 Å². The predicted molar refractivity (Wildman–Crippen MR) is 80.2 cm³/mol. The number of amides is 1. The summed E-state index contributed by atoms with van der Waals surface area (Å²) in [6.45, 7) is 7.74. The number of hydrogen-bond donors (Lipinski definition) is 1. The predicted octanol–water partition coefficient (Wildman–Crippen LogP) is 3.13. The largest absolute Gasteiger partial charge is 0.430 e. The zero-order valence-corrected chi connectivity index (χ0v) is 14.8. The van der Waals surface area contributed by atoms with E-state index in [2.05, 4.69) is 9.99 Å². The molecule has 1 rings (SSSR count). The van der Waals surface area contributed by atoms with Gasteiger partial charge in [-0.1, -0.05) is 32.9 Å². The number of hydrogen-bond acceptors (Lipinski definition) is 4. The molecule has 152 valence electrons. The van der Waals surface area contributed by atoms with Gasteiger partial charge in [-0.15, -0.1) is 0 Å². The average molecular weight is 392 g/mol. The van der Waals surface area contributed by atoms with Crippen LogP contribution in [-0.2, 0) is 9.63 Å². The van der Waals surface area contributed by atoms with Crippen LogP contribution in [0.15, 0.2) is 5.16 Å². The Hall–Kier alpha value is -1.52. The fourth-order valence-electron chi connectivity index (χ4n) is 2.56. The zero-order chi connectivity index (χ0) is 20.5. The molecule has 0 radical (unpaired) electrons. The molecule has 11 heteroatoms. The van der Waals surface area contributed by atoms with E-state index in [0.29, 0.717) is 0 Å². The lowest BCUT2D eigenvalue weighted by Gasteiger charge is -2.35. The van der Waals surface area contributed by atoms with E-state index in [-0.39, 0.29) is 24.9 Å². The SMILES string of the molecule is CC(C)CN(CC(C)C)C(=O)C1=NOC(C(O)(C(F)(F)F)C(F)(F)F)C1. The third-order valence-electron chi connectivity index (χ3n) is 3.70. The number of oxime groups is 1. The van der Waals surface area contributed by atoms with Crippen LogP contribution in [0.2, 0.25) is 0 Å². The van der Waals surface area contributed by atoms with Crippen molar-refractivity contribution in [1.82, 2.24) is 4.90 Å². The molecule has 1 aliphatic rings. The van der Waals surface area contributed by atoms with Crippen molar-refractivity contribution in [3.63, 3.8) is 0 Å². The van der Waals surface area contributed by atoms with Crippen LogP contribution in [0.1, 0.15) is 34.1 Å². The van der Waals surface area contributed by atoms with E-state index in [1.54, 1.807) is 0 Å². The van der Waals surface area contributed by atoms with E-state index in [4.69, 9.17) is 0 Å². The molecule has 1 heterocycles. The van der Waals surface area contributed by atoms with Crippen molar-refractivity contribution in [2.75, 3.05) is 13.1 Å². The number of carbonyl (C=O) groups excluding carboxylic acids is 1. The molecule has 0 bridgehead atoms. The second-order valence-electron chi connectivity index (χ2n) is 7.10. The van der Waals surface area contributed by atoms with Gasteiger partial charge in [0.15, 0.2) is 6.10 Å². The maximum atomic E-state index is 12.9. The summed E-state index contributed by atoms with van der Waals surface area (Å²) in [7, 11) is 0. The highest BCUT2D eigenvalue weighted by atomic mass is 19.4. The molecule has 1 atom stereocenters. The van der Waals surface area contributed by atoms with Crippen LogP contribution < -0.4 is 0 Å². The Labute approximate surface area is 147 Å². The van der Waals surface area contributed by atoms with Gasteiger partial charge in [0.05, 0.1) is 0 Å². The Balaban J connectivity index is 3.02. The van der Waals surface area contributed by atoms with Crippen LogP contribution in [0, 0.1) is 11.8 Å². The van der Waals surface area contributed by atoms with Crippen molar-refractivity contribution >= 4 is 11.6 Å². The maximum Gasteiger partial charge on any atom is 0.430 e. The minimum Gasteiger partial charge on any atom is -0.388 e. The monoisotopic (exact) mass is 392 g/mol. The topological polar surface area (TPSA) is 62.1 Å². The second kappa shape index (κ2) is 7.61. The summed E-state index contributed by atoms with van der Waals surface area (Å²) in [6.07, 6.45) is -16.0. The van der Waals surface area contributed by atoms with Gasteiger partial charge in [0.2, 0.25) is 0 Å². The summed E-state index contributed by atoms with van der Waals surface area (Å²) in [5.41, 5.74) is -5.70. The molecular formula is C15H22F6N2O3. The lowest BCUT2D eigenvalue weighted by molar-refractivity contribution is -0.392. The van der Waals surface area contributed by atoms with E-state index >= 15 is 0 Å². The molecule has 1 N–H and O–H groups in total. The summed E-state index contributed by atoms with van der Waals surface area (Å²) in [5, 5.41) is 12.5. The van der Waals surface area contributed by atoms with Crippen LogP contribution in [0.4, 0.5) is 26.3 Å². The molecule has 0 saturated carbocycles. The number of alkyl halides is 6. The van der Waals surface area contributed by atoms with Gasteiger partial charge in [-0.05, 0) is 11.8 Å². The van der Waals surface area contributed by atoms with Crippen molar-refractivity contribution < 1.29 is 41.1 Å². The molecule has 0 aromatic heterocycles. The standard InChI is InChI=1S/C15H22F6N2O3/c1-8(2)6-23(7-9(3)4)12(24)10-5-11(26-22-10)13(25,14(16,17)18)15(19,20)21/h8-9,11,25H,5-7H2,1-4H3. The van der Waals surface area contributed by atoms with Crippen molar-refractivity contribution in [2.24, 2.45) is 17.0 Å². The van der Waals surface area contributed by atoms with Gasteiger partial charge < -0.3 is 14.8 Å². The van der Waals surface area contributed by atoms with E-state index in [1.165, 1.54) is 4.90 Å². The normalized spacial score (nSPS) is 19.0. The van der Waals surface area contributed by atoms with Gasteiger partial charge in [-0.2, -0.15) is 26.3 Å². The molecule has 0 fully saturated rings. The fraction of sp³-hybridized carbons (Fsp3) is 0.867. The minimum absolute atomic E-state index is 0.0266. The fourth-order valence-corrected chi connectivity index (χ4v) is 2.56. The highest BCUT2D eigenvalue weighted by Crippen LogP contribution is 2.48. The number of halogens is 6. The highest BCUT2D eigenvalue weighted by Gasteiger charge is 2.76. The number of rotatable bonds is 6. The van der Waals surface area contributed by atoms with Crippen LogP contribution in [0.25, 0.3) is 0 Å². The van der Waals surface area contributed by atoms with E-state index in [9.17, 15) is 36.2 Å². The molecule has 1 aliphatic heterocycles. The molecule has 5 nitrogen and oxygen atoms in total. The number of aliphatic hydroxyl groups is 1. The third-order valence-corrected chi connectivity index (χ3v) is 3.70. The van der Waals surface area contributed by atoms with Gasteiger partial charge >= 0.3 is 12.4 Å². The minimum atomic E-state index is -6.04. The first-order valence-corrected chi connectivity index (χ1v) is 7.99. The lowest BCUT2D eigenvalue weighted by atomic mass is 9.91. The summed E-state index contributed by atoms with van der Waals surface area (Å²) in [6, 6.07) is 0. The Morgan fingerprint density at radius 1 is 1.12 bits per heavy atom. The molecule has 0 aliphatic carbocycles. The van der Waals surface area contributed by atoms with Crippen molar-refractivity contribution in [1.29, 1.82) is 0 Å². The van der Waals surface area contributed by atoms with E-state index in [0.717, 1.165) is 0 Å². The van der Waals surface area contributed by atoms with Gasteiger partial charge in [-0.3, -0.25) is 4.79 Å². The summed E-state index contributed by atoms with van der Waals surface area (Å²) in [4.78, 5) is 18.0. The molecule has 26 heavy (non-hydrogen) atoms. The molecule has 0 saturated heterocycles. The summed E-state index contributed by atoms with van der Waals surface area (Å²) in [5.74, 6) is -0.751. The number of nitrogens with zero attached hydrogens (tertiary/aromatic N) is 2. The molecule has 1 amide bonds. The Morgan fingerprint density at radius 2 is 1.54 bits per heavy atom. The van der Waals surface area contributed by atoms with Crippen LogP contribution >= 0.6 is 0 Å². The summed E-state index contributed by atoms with van der Waals surface area (Å²) >= 11 is 0. The van der Waals surface area contributed by atoms with Crippen molar-refractivity contribution in [3.8, 4) is 0 Å². The average Bonchev–Trinajstić information content (AvgIpc) is 2.91. The summed E-state index contributed by atoms with van der Waals surface area (Å²) < 4.78 is 77.3. The van der Waals surface area contributed by atoms with Gasteiger partial charge in [0, 0.05) is 19.5 Å².